The Morgan fingerprint density at radius 3 is 2.32 bits per heavy atom. The molecule has 0 saturated heterocycles. The first-order valence-electron chi connectivity index (χ1n) is 8.99. The van der Waals surface area contributed by atoms with E-state index >= 15 is 0 Å². The highest BCUT2D eigenvalue weighted by molar-refractivity contribution is 5.72. The highest BCUT2D eigenvalue weighted by Gasteiger charge is 2.25. The Kier molecular flexibility index (Phi) is 9.21. The van der Waals surface area contributed by atoms with E-state index in [1.165, 1.54) is 0 Å². The lowest BCUT2D eigenvalue weighted by molar-refractivity contribution is -0.873. The van der Waals surface area contributed by atoms with Crippen LogP contribution in [0, 0.1) is 0 Å². The molecule has 0 aromatic heterocycles. The molecule has 1 atom stereocenters. The minimum atomic E-state index is -0.461. The Hall–Kier alpha value is -1.88. The average Bonchev–Trinajstić information content (AvgIpc) is 2.52. The van der Waals surface area contributed by atoms with Gasteiger partial charge in [0.25, 0.3) is 0 Å². The second-order valence-corrected chi connectivity index (χ2v) is 7.39. The number of hydrogen-bond donors (Lipinski definition) is 0. The van der Waals surface area contributed by atoms with E-state index < -0.39 is 6.10 Å². The van der Waals surface area contributed by atoms with E-state index in [1.807, 2.05) is 51.5 Å². The van der Waals surface area contributed by atoms with Gasteiger partial charge >= 0.3 is 11.9 Å². The summed E-state index contributed by atoms with van der Waals surface area (Å²) in [6.07, 6.45) is 2.92. The van der Waals surface area contributed by atoms with E-state index in [1.54, 1.807) is 0 Å². The minimum absolute atomic E-state index is 0.0852. The maximum atomic E-state index is 12.1. The normalized spacial score (nSPS) is 12.5. The summed E-state index contributed by atoms with van der Waals surface area (Å²) in [6.45, 7) is 2.90. The van der Waals surface area contributed by atoms with E-state index in [4.69, 9.17) is 9.47 Å². The van der Waals surface area contributed by atoms with Crippen LogP contribution in [0.5, 0.6) is 0 Å². The van der Waals surface area contributed by atoms with Gasteiger partial charge in [0.1, 0.15) is 13.2 Å². The van der Waals surface area contributed by atoms with Crippen LogP contribution in [0.15, 0.2) is 30.3 Å². The molecule has 5 heteroatoms. The molecule has 1 rings (SSSR count). The van der Waals surface area contributed by atoms with Gasteiger partial charge in [-0.15, -0.1) is 0 Å². The summed E-state index contributed by atoms with van der Waals surface area (Å²) in [4.78, 5) is 24.1. The van der Waals surface area contributed by atoms with Crippen molar-refractivity contribution in [1.29, 1.82) is 0 Å². The average molecular weight is 350 g/mol. The SMILES string of the molecule is CCCCCC(=O)O[C@H](CC(=O)OCc1ccccc1)C[N+](C)(C)C. The largest absolute Gasteiger partial charge is 0.461 e. The lowest BCUT2D eigenvalue weighted by Crippen LogP contribution is -2.44. The van der Waals surface area contributed by atoms with E-state index in [0.717, 1.165) is 24.8 Å². The number of ether oxygens (including phenoxy) is 2. The number of carbonyl (C=O) groups excluding carboxylic acids is 2. The Morgan fingerprint density at radius 1 is 1.04 bits per heavy atom. The van der Waals surface area contributed by atoms with Crippen molar-refractivity contribution < 1.29 is 23.5 Å². The third kappa shape index (κ3) is 10.6. The van der Waals surface area contributed by atoms with Crippen molar-refractivity contribution >= 4 is 11.9 Å². The Balaban J connectivity index is 2.51. The maximum absolute atomic E-state index is 12.1. The van der Waals surface area contributed by atoms with Crippen LogP contribution in [-0.4, -0.2) is 50.2 Å². The third-order valence-corrected chi connectivity index (χ3v) is 3.67. The van der Waals surface area contributed by atoms with Gasteiger partial charge in [-0.3, -0.25) is 9.59 Å². The zero-order valence-corrected chi connectivity index (χ0v) is 16.0. The van der Waals surface area contributed by atoms with Crippen LogP contribution in [0.3, 0.4) is 0 Å². The second kappa shape index (κ2) is 10.9. The van der Waals surface area contributed by atoms with Crippen molar-refractivity contribution in [3.63, 3.8) is 0 Å². The summed E-state index contributed by atoms with van der Waals surface area (Å²) in [5.74, 6) is -0.577. The summed E-state index contributed by atoms with van der Waals surface area (Å²) in [6, 6.07) is 9.54. The van der Waals surface area contributed by atoms with Crippen molar-refractivity contribution in [2.75, 3.05) is 27.7 Å². The summed E-state index contributed by atoms with van der Waals surface area (Å²) in [5.41, 5.74) is 0.940. The number of carbonyl (C=O) groups is 2. The number of rotatable bonds is 11. The fraction of sp³-hybridized carbons (Fsp3) is 0.600. The Morgan fingerprint density at radius 2 is 1.72 bits per heavy atom. The van der Waals surface area contributed by atoms with Gasteiger partial charge in [-0.05, 0) is 12.0 Å². The highest BCUT2D eigenvalue weighted by Crippen LogP contribution is 2.10. The van der Waals surface area contributed by atoms with E-state index in [-0.39, 0.29) is 25.0 Å². The van der Waals surface area contributed by atoms with Crippen molar-refractivity contribution in [3.8, 4) is 0 Å². The number of nitrogens with zero attached hydrogens (tertiary/aromatic N) is 1. The topological polar surface area (TPSA) is 52.6 Å². The summed E-state index contributed by atoms with van der Waals surface area (Å²) < 4.78 is 11.5. The van der Waals surface area contributed by atoms with Crippen LogP contribution < -0.4 is 0 Å². The lowest BCUT2D eigenvalue weighted by atomic mass is 10.2. The molecule has 0 fully saturated rings. The molecule has 0 aliphatic carbocycles. The molecule has 140 valence electrons. The lowest BCUT2D eigenvalue weighted by Gasteiger charge is -2.28. The molecule has 25 heavy (non-hydrogen) atoms. The number of likely N-dealkylation sites (N-methyl/N-ethyl adjacent to an activating group) is 1. The van der Waals surface area contributed by atoms with Gasteiger partial charge in [0.15, 0.2) is 6.10 Å². The Bertz CT molecular complexity index is 522. The first-order chi connectivity index (χ1) is 11.8. The Labute approximate surface area is 151 Å². The van der Waals surface area contributed by atoms with Crippen LogP contribution in [0.1, 0.15) is 44.6 Å². The molecule has 0 bridgehead atoms. The fourth-order valence-corrected chi connectivity index (χ4v) is 2.50. The minimum Gasteiger partial charge on any atom is -0.461 e. The number of quaternary nitrogens is 1. The van der Waals surface area contributed by atoms with Gasteiger partial charge in [0.2, 0.25) is 0 Å². The van der Waals surface area contributed by atoms with Crippen molar-refractivity contribution in [1.82, 2.24) is 0 Å². The maximum Gasteiger partial charge on any atom is 0.310 e. The second-order valence-electron chi connectivity index (χ2n) is 7.39. The number of hydrogen-bond acceptors (Lipinski definition) is 4. The predicted molar refractivity (Wildman–Crippen MR) is 97.8 cm³/mol. The molecule has 0 aliphatic heterocycles. The molecule has 5 nitrogen and oxygen atoms in total. The molecule has 0 spiro atoms. The molecule has 0 saturated carbocycles. The first kappa shape index (κ1) is 21.2. The van der Waals surface area contributed by atoms with Crippen LogP contribution in [-0.2, 0) is 25.7 Å². The zero-order valence-electron chi connectivity index (χ0n) is 16.0. The predicted octanol–water partition coefficient (Wildman–Crippen LogP) is 3.32. The quantitative estimate of drug-likeness (QED) is 0.349. The number of unbranched alkanes of at least 4 members (excludes halogenated alkanes) is 2. The van der Waals surface area contributed by atoms with Gasteiger partial charge in [-0.25, -0.2) is 0 Å². The van der Waals surface area contributed by atoms with Crippen LogP contribution in [0.2, 0.25) is 0 Å². The fourth-order valence-electron chi connectivity index (χ4n) is 2.50. The van der Waals surface area contributed by atoms with Crippen molar-refractivity contribution in [3.05, 3.63) is 35.9 Å². The molecule has 0 aliphatic rings. The van der Waals surface area contributed by atoms with E-state index in [9.17, 15) is 9.59 Å². The molecule has 0 amide bonds. The van der Waals surface area contributed by atoms with Gasteiger partial charge in [0.05, 0.1) is 27.6 Å². The number of esters is 2. The smallest absolute Gasteiger partial charge is 0.310 e. The molecule has 0 heterocycles. The third-order valence-electron chi connectivity index (χ3n) is 3.67. The van der Waals surface area contributed by atoms with Gasteiger partial charge in [-0.2, -0.15) is 0 Å². The molecule has 1 aromatic carbocycles. The van der Waals surface area contributed by atoms with Gasteiger partial charge in [-0.1, -0.05) is 50.1 Å². The van der Waals surface area contributed by atoms with Crippen LogP contribution >= 0.6 is 0 Å². The van der Waals surface area contributed by atoms with Gasteiger partial charge in [0, 0.05) is 6.42 Å². The summed E-state index contributed by atoms with van der Waals surface area (Å²) in [7, 11) is 6.02. The summed E-state index contributed by atoms with van der Waals surface area (Å²) in [5, 5.41) is 0. The molecule has 0 unspecified atom stereocenters. The zero-order chi connectivity index (χ0) is 18.7. The molecular formula is C20H32NO4+. The van der Waals surface area contributed by atoms with Crippen LogP contribution in [0.4, 0.5) is 0 Å². The first-order valence-corrected chi connectivity index (χ1v) is 8.99. The van der Waals surface area contributed by atoms with Gasteiger partial charge < -0.3 is 14.0 Å². The van der Waals surface area contributed by atoms with Crippen molar-refractivity contribution in [2.45, 2.75) is 51.7 Å². The van der Waals surface area contributed by atoms with Crippen molar-refractivity contribution in [2.24, 2.45) is 0 Å². The standard InChI is InChI=1S/C20H32NO4/c1-5-6-8-13-19(22)25-18(15-21(2,3)4)14-20(23)24-16-17-11-9-7-10-12-17/h7,9-12,18H,5-6,8,13-16H2,1-4H3/q+1/t18-/m1/s1. The highest BCUT2D eigenvalue weighted by atomic mass is 16.6. The van der Waals surface area contributed by atoms with E-state index in [2.05, 4.69) is 6.92 Å². The molecular weight excluding hydrogens is 318 g/mol. The molecule has 0 radical (unpaired) electrons. The monoisotopic (exact) mass is 350 g/mol. The molecule has 0 N–H and O–H groups in total. The molecule has 1 aromatic rings. The summed E-state index contributed by atoms with van der Waals surface area (Å²) >= 11 is 0. The number of benzene rings is 1. The van der Waals surface area contributed by atoms with Crippen LogP contribution in [0.25, 0.3) is 0 Å². The van der Waals surface area contributed by atoms with E-state index in [0.29, 0.717) is 17.4 Å².